The van der Waals surface area contributed by atoms with E-state index in [1.807, 2.05) is 19.9 Å². The highest BCUT2D eigenvalue weighted by molar-refractivity contribution is 6.04. The summed E-state index contributed by atoms with van der Waals surface area (Å²) in [6, 6.07) is 5.40. The number of H-pyrrole nitrogens is 1. The Labute approximate surface area is 99.8 Å². The van der Waals surface area contributed by atoms with Gasteiger partial charge >= 0.3 is 5.97 Å². The van der Waals surface area contributed by atoms with E-state index in [0.29, 0.717) is 23.8 Å². The van der Waals surface area contributed by atoms with Crippen LogP contribution >= 0.6 is 0 Å². The number of aromatic amines is 1. The van der Waals surface area contributed by atoms with Gasteiger partial charge in [0.15, 0.2) is 0 Å². The van der Waals surface area contributed by atoms with Gasteiger partial charge in [-0.25, -0.2) is 4.79 Å². The van der Waals surface area contributed by atoms with Crippen molar-refractivity contribution in [2.24, 2.45) is 5.92 Å². The summed E-state index contributed by atoms with van der Waals surface area (Å²) in [5.74, 6) is 0.0366. The van der Waals surface area contributed by atoms with Crippen LogP contribution in [0.25, 0.3) is 10.9 Å². The molecule has 1 heterocycles. The van der Waals surface area contributed by atoms with Crippen molar-refractivity contribution in [1.29, 1.82) is 0 Å². The predicted molar refractivity (Wildman–Crippen MR) is 67.8 cm³/mol. The Morgan fingerprint density at radius 2 is 2.24 bits per heavy atom. The molecule has 0 amide bonds. The van der Waals surface area contributed by atoms with Gasteiger partial charge < -0.3 is 15.5 Å². The number of aromatic nitrogens is 1. The summed E-state index contributed by atoms with van der Waals surface area (Å²) in [5.41, 5.74) is 7.74. The lowest BCUT2D eigenvalue weighted by Crippen LogP contribution is -2.09. The molecular weight excluding hydrogens is 216 g/mol. The van der Waals surface area contributed by atoms with E-state index in [2.05, 4.69) is 4.98 Å². The van der Waals surface area contributed by atoms with E-state index in [9.17, 15) is 4.79 Å². The van der Waals surface area contributed by atoms with Crippen LogP contribution < -0.4 is 5.73 Å². The highest BCUT2D eigenvalue weighted by Gasteiger charge is 2.13. The summed E-state index contributed by atoms with van der Waals surface area (Å²) < 4.78 is 5.20. The molecule has 0 unspecified atom stereocenters. The second-order valence-corrected chi connectivity index (χ2v) is 4.50. The molecule has 0 spiro atoms. The standard InChI is InChI=1S/C13H16N2O2/c1-8(2)7-17-13(16)11-6-15-12-5-9(14)3-4-10(11)12/h3-6,8,15H,7,14H2,1-2H3. The Balaban J connectivity index is 2.27. The van der Waals surface area contributed by atoms with Gasteiger partial charge in [0.2, 0.25) is 0 Å². The third-order valence-corrected chi connectivity index (χ3v) is 2.47. The molecule has 1 aromatic carbocycles. The van der Waals surface area contributed by atoms with E-state index in [1.54, 1.807) is 18.3 Å². The normalized spacial score (nSPS) is 11.0. The molecule has 0 saturated carbocycles. The SMILES string of the molecule is CC(C)COC(=O)c1c[nH]c2cc(N)ccc12. The molecule has 90 valence electrons. The van der Waals surface area contributed by atoms with E-state index in [-0.39, 0.29) is 5.97 Å². The topological polar surface area (TPSA) is 68.1 Å². The lowest BCUT2D eigenvalue weighted by Gasteiger charge is -2.06. The Morgan fingerprint density at radius 1 is 1.47 bits per heavy atom. The average molecular weight is 232 g/mol. The average Bonchev–Trinajstić information content (AvgIpc) is 2.68. The highest BCUT2D eigenvalue weighted by Crippen LogP contribution is 2.21. The van der Waals surface area contributed by atoms with Gasteiger partial charge in [0.1, 0.15) is 0 Å². The number of hydrogen-bond donors (Lipinski definition) is 2. The van der Waals surface area contributed by atoms with Crippen molar-refractivity contribution in [3.63, 3.8) is 0 Å². The molecule has 0 radical (unpaired) electrons. The maximum absolute atomic E-state index is 11.8. The largest absolute Gasteiger partial charge is 0.462 e. The third-order valence-electron chi connectivity index (χ3n) is 2.47. The van der Waals surface area contributed by atoms with E-state index in [1.165, 1.54) is 0 Å². The zero-order chi connectivity index (χ0) is 12.4. The maximum atomic E-state index is 11.8. The molecule has 2 rings (SSSR count). The second kappa shape index (κ2) is 4.49. The summed E-state index contributed by atoms with van der Waals surface area (Å²) in [6.07, 6.45) is 1.66. The molecule has 0 aliphatic carbocycles. The van der Waals surface area contributed by atoms with E-state index in [0.717, 1.165) is 10.9 Å². The number of rotatable bonds is 3. The fourth-order valence-corrected chi connectivity index (χ4v) is 1.63. The molecular formula is C13H16N2O2. The molecule has 0 fully saturated rings. The highest BCUT2D eigenvalue weighted by atomic mass is 16.5. The molecule has 1 aromatic heterocycles. The number of hydrogen-bond acceptors (Lipinski definition) is 3. The Kier molecular flexibility index (Phi) is 3.04. The lowest BCUT2D eigenvalue weighted by atomic mass is 10.1. The van der Waals surface area contributed by atoms with Crippen molar-refractivity contribution in [3.8, 4) is 0 Å². The first-order valence-electron chi connectivity index (χ1n) is 5.61. The molecule has 4 heteroatoms. The summed E-state index contributed by atoms with van der Waals surface area (Å²) in [7, 11) is 0. The molecule has 0 atom stereocenters. The number of fused-ring (bicyclic) bond motifs is 1. The van der Waals surface area contributed by atoms with Gasteiger partial charge in [-0.3, -0.25) is 0 Å². The minimum atomic E-state index is -0.297. The fraction of sp³-hybridized carbons (Fsp3) is 0.308. The molecule has 4 nitrogen and oxygen atoms in total. The van der Waals surface area contributed by atoms with Crippen LogP contribution in [0.2, 0.25) is 0 Å². The van der Waals surface area contributed by atoms with Crippen molar-refractivity contribution in [2.75, 3.05) is 12.3 Å². The van der Waals surface area contributed by atoms with Crippen LogP contribution in [0.4, 0.5) is 5.69 Å². The number of nitrogens with one attached hydrogen (secondary N) is 1. The Morgan fingerprint density at radius 3 is 2.94 bits per heavy atom. The van der Waals surface area contributed by atoms with Gasteiger partial charge in [0.25, 0.3) is 0 Å². The number of carbonyl (C=O) groups excluding carboxylic acids is 1. The lowest BCUT2D eigenvalue weighted by molar-refractivity contribution is 0.0461. The van der Waals surface area contributed by atoms with Crippen molar-refractivity contribution in [2.45, 2.75) is 13.8 Å². The third kappa shape index (κ3) is 2.41. The van der Waals surface area contributed by atoms with Gasteiger partial charge in [-0.1, -0.05) is 13.8 Å². The molecule has 0 aliphatic heterocycles. The molecule has 17 heavy (non-hydrogen) atoms. The van der Waals surface area contributed by atoms with Crippen LogP contribution in [0.3, 0.4) is 0 Å². The van der Waals surface area contributed by atoms with Gasteiger partial charge in [0.05, 0.1) is 12.2 Å². The number of nitrogens with two attached hydrogens (primary N) is 1. The van der Waals surface area contributed by atoms with Crippen LogP contribution in [0, 0.1) is 5.92 Å². The number of esters is 1. The number of benzene rings is 1. The first-order chi connectivity index (χ1) is 8.08. The van der Waals surface area contributed by atoms with Gasteiger partial charge in [-0.05, 0) is 24.1 Å². The van der Waals surface area contributed by atoms with Crippen molar-refractivity contribution in [3.05, 3.63) is 30.0 Å². The fourth-order valence-electron chi connectivity index (χ4n) is 1.63. The first-order valence-corrected chi connectivity index (χ1v) is 5.61. The molecule has 0 aliphatic rings. The summed E-state index contributed by atoms with van der Waals surface area (Å²) in [6.45, 7) is 4.44. The Bertz CT molecular complexity index is 543. The predicted octanol–water partition coefficient (Wildman–Crippen LogP) is 2.56. The molecule has 0 saturated heterocycles. The molecule has 2 aromatic rings. The zero-order valence-electron chi connectivity index (χ0n) is 9.99. The smallest absolute Gasteiger partial charge is 0.340 e. The molecule has 3 N–H and O–H groups in total. The van der Waals surface area contributed by atoms with Crippen LogP contribution in [-0.4, -0.2) is 17.6 Å². The Hall–Kier alpha value is -1.97. The number of carbonyl (C=O) groups is 1. The van der Waals surface area contributed by atoms with E-state index in [4.69, 9.17) is 10.5 Å². The first kappa shape index (κ1) is 11.5. The van der Waals surface area contributed by atoms with Gasteiger partial charge in [0, 0.05) is 22.8 Å². The van der Waals surface area contributed by atoms with Crippen molar-refractivity contribution < 1.29 is 9.53 Å². The second-order valence-electron chi connectivity index (χ2n) is 4.50. The zero-order valence-corrected chi connectivity index (χ0v) is 9.99. The quantitative estimate of drug-likeness (QED) is 0.631. The van der Waals surface area contributed by atoms with Crippen LogP contribution in [-0.2, 0) is 4.74 Å². The minimum Gasteiger partial charge on any atom is -0.462 e. The number of ether oxygens (including phenoxy) is 1. The van der Waals surface area contributed by atoms with Crippen molar-refractivity contribution in [1.82, 2.24) is 4.98 Å². The number of anilines is 1. The van der Waals surface area contributed by atoms with Crippen LogP contribution in [0.5, 0.6) is 0 Å². The summed E-state index contributed by atoms with van der Waals surface area (Å²) in [4.78, 5) is 14.9. The number of nitrogen functional groups attached to an aromatic ring is 1. The van der Waals surface area contributed by atoms with Crippen LogP contribution in [0.1, 0.15) is 24.2 Å². The van der Waals surface area contributed by atoms with Gasteiger partial charge in [-0.15, -0.1) is 0 Å². The summed E-state index contributed by atoms with van der Waals surface area (Å²) in [5, 5.41) is 0.841. The maximum Gasteiger partial charge on any atom is 0.340 e. The monoisotopic (exact) mass is 232 g/mol. The minimum absolute atomic E-state index is 0.297. The summed E-state index contributed by atoms with van der Waals surface area (Å²) >= 11 is 0. The van der Waals surface area contributed by atoms with Crippen LogP contribution in [0.15, 0.2) is 24.4 Å². The van der Waals surface area contributed by atoms with Crippen molar-refractivity contribution >= 4 is 22.6 Å². The molecule has 0 bridgehead atoms. The van der Waals surface area contributed by atoms with E-state index < -0.39 is 0 Å². The van der Waals surface area contributed by atoms with E-state index >= 15 is 0 Å². The van der Waals surface area contributed by atoms with Gasteiger partial charge in [-0.2, -0.15) is 0 Å².